The van der Waals surface area contributed by atoms with E-state index in [-0.39, 0.29) is 0 Å². The van der Waals surface area contributed by atoms with E-state index in [1.165, 1.54) is 43.7 Å². The summed E-state index contributed by atoms with van der Waals surface area (Å²) < 4.78 is 5.76. The van der Waals surface area contributed by atoms with Gasteiger partial charge in [0.2, 0.25) is 0 Å². The van der Waals surface area contributed by atoms with Crippen molar-refractivity contribution in [3.63, 3.8) is 0 Å². The third kappa shape index (κ3) is 5.87. The summed E-state index contributed by atoms with van der Waals surface area (Å²) >= 11 is 2.15. The van der Waals surface area contributed by atoms with E-state index in [0.717, 1.165) is 24.0 Å². The smallest absolute Gasteiger partial charge is 0.119 e. The molecule has 0 unspecified atom stereocenters. The van der Waals surface area contributed by atoms with Crippen molar-refractivity contribution < 1.29 is 4.74 Å². The predicted octanol–water partition coefficient (Wildman–Crippen LogP) is 3.64. The first-order valence-corrected chi connectivity index (χ1v) is 8.41. The summed E-state index contributed by atoms with van der Waals surface area (Å²) in [6.45, 7) is 5.35. The number of thioether (sulfide) groups is 1. The van der Waals surface area contributed by atoms with Gasteiger partial charge in [0.1, 0.15) is 5.75 Å². The molecule has 0 saturated carbocycles. The van der Waals surface area contributed by atoms with Crippen molar-refractivity contribution in [1.82, 2.24) is 5.32 Å². The molecule has 0 aliphatic carbocycles. The number of piperidine rings is 1. The minimum absolute atomic E-state index is 0.843. The molecule has 0 spiro atoms. The molecule has 2 nitrogen and oxygen atoms in total. The van der Waals surface area contributed by atoms with Crippen LogP contribution < -0.4 is 10.1 Å². The van der Waals surface area contributed by atoms with E-state index in [1.54, 1.807) is 0 Å². The zero-order chi connectivity index (χ0) is 13.3. The molecule has 106 valence electrons. The Hall–Kier alpha value is -0.670. The SMILES string of the molecule is Cc1cccc(OCCCCSC2CCNCC2)c1. The number of hydrogen-bond acceptors (Lipinski definition) is 3. The quantitative estimate of drug-likeness (QED) is 0.770. The van der Waals surface area contributed by atoms with Crippen LogP contribution in [0.15, 0.2) is 24.3 Å². The van der Waals surface area contributed by atoms with Crippen LogP contribution in [0.4, 0.5) is 0 Å². The van der Waals surface area contributed by atoms with Gasteiger partial charge in [-0.05, 0) is 69.1 Å². The van der Waals surface area contributed by atoms with Crippen LogP contribution in [0.5, 0.6) is 5.75 Å². The van der Waals surface area contributed by atoms with Gasteiger partial charge >= 0.3 is 0 Å². The van der Waals surface area contributed by atoms with Crippen molar-refractivity contribution in [2.24, 2.45) is 0 Å². The molecular weight excluding hydrogens is 254 g/mol. The van der Waals surface area contributed by atoms with Gasteiger partial charge in [-0.25, -0.2) is 0 Å². The van der Waals surface area contributed by atoms with Gasteiger partial charge in [0, 0.05) is 5.25 Å². The maximum Gasteiger partial charge on any atom is 0.119 e. The molecule has 1 aliphatic rings. The Morgan fingerprint density at radius 1 is 1.26 bits per heavy atom. The summed E-state index contributed by atoms with van der Waals surface area (Å²) in [6, 6.07) is 8.29. The summed E-state index contributed by atoms with van der Waals surface area (Å²) in [4.78, 5) is 0. The number of benzene rings is 1. The zero-order valence-electron chi connectivity index (χ0n) is 11.9. The largest absolute Gasteiger partial charge is 0.494 e. The molecule has 1 N–H and O–H groups in total. The molecule has 0 atom stereocenters. The Morgan fingerprint density at radius 2 is 2.11 bits per heavy atom. The molecular formula is C16H25NOS. The Bertz CT molecular complexity index is 364. The molecule has 1 saturated heterocycles. The minimum atomic E-state index is 0.843. The van der Waals surface area contributed by atoms with E-state index >= 15 is 0 Å². The molecule has 19 heavy (non-hydrogen) atoms. The molecule has 0 radical (unpaired) electrons. The first kappa shape index (κ1) is 14.7. The molecule has 1 aromatic rings. The average molecular weight is 279 g/mol. The lowest BCUT2D eigenvalue weighted by atomic mass is 10.2. The van der Waals surface area contributed by atoms with Crippen LogP contribution in [-0.4, -0.2) is 30.7 Å². The van der Waals surface area contributed by atoms with Gasteiger partial charge < -0.3 is 10.1 Å². The van der Waals surface area contributed by atoms with E-state index in [2.05, 4.69) is 42.2 Å². The van der Waals surface area contributed by atoms with E-state index in [0.29, 0.717) is 0 Å². The van der Waals surface area contributed by atoms with Crippen LogP contribution in [-0.2, 0) is 0 Å². The lowest BCUT2D eigenvalue weighted by Crippen LogP contribution is -2.29. The normalized spacial score (nSPS) is 16.5. The zero-order valence-corrected chi connectivity index (χ0v) is 12.7. The van der Waals surface area contributed by atoms with Gasteiger partial charge in [-0.1, -0.05) is 12.1 Å². The number of nitrogens with one attached hydrogen (secondary N) is 1. The second-order valence-corrected chi connectivity index (χ2v) is 6.60. The highest BCUT2D eigenvalue weighted by Gasteiger charge is 2.12. The van der Waals surface area contributed by atoms with Crippen LogP contribution in [0.1, 0.15) is 31.2 Å². The second kappa shape index (κ2) is 8.49. The molecule has 0 bridgehead atoms. The monoisotopic (exact) mass is 279 g/mol. The molecule has 0 amide bonds. The van der Waals surface area contributed by atoms with E-state index in [4.69, 9.17) is 4.74 Å². The van der Waals surface area contributed by atoms with Crippen LogP contribution >= 0.6 is 11.8 Å². The van der Waals surface area contributed by atoms with E-state index in [9.17, 15) is 0 Å². The van der Waals surface area contributed by atoms with Crippen molar-refractivity contribution in [3.8, 4) is 5.75 Å². The van der Waals surface area contributed by atoms with Gasteiger partial charge in [0.15, 0.2) is 0 Å². The maximum atomic E-state index is 5.76. The minimum Gasteiger partial charge on any atom is -0.494 e. The van der Waals surface area contributed by atoms with Gasteiger partial charge in [0.25, 0.3) is 0 Å². The lowest BCUT2D eigenvalue weighted by molar-refractivity contribution is 0.309. The Morgan fingerprint density at radius 3 is 2.89 bits per heavy atom. The predicted molar refractivity (Wildman–Crippen MR) is 84.3 cm³/mol. The van der Waals surface area contributed by atoms with E-state index in [1.807, 2.05) is 6.07 Å². The van der Waals surface area contributed by atoms with Crippen molar-refractivity contribution in [2.45, 2.75) is 37.9 Å². The fourth-order valence-electron chi connectivity index (χ4n) is 2.31. The first-order chi connectivity index (χ1) is 9.34. The summed E-state index contributed by atoms with van der Waals surface area (Å²) in [5, 5.41) is 4.30. The summed E-state index contributed by atoms with van der Waals surface area (Å²) in [7, 11) is 0. The van der Waals surface area contributed by atoms with Gasteiger partial charge in [-0.15, -0.1) is 0 Å². The molecule has 2 rings (SSSR count). The van der Waals surface area contributed by atoms with E-state index < -0.39 is 0 Å². The lowest BCUT2D eigenvalue weighted by Gasteiger charge is -2.21. The van der Waals surface area contributed by atoms with Crippen LogP contribution in [0, 0.1) is 6.92 Å². The van der Waals surface area contributed by atoms with Crippen LogP contribution in [0.3, 0.4) is 0 Å². The highest BCUT2D eigenvalue weighted by atomic mass is 32.2. The summed E-state index contributed by atoms with van der Waals surface area (Å²) in [5.41, 5.74) is 1.26. The fraction of sp³-hybridized carbons (Fsp3) is 0.625. The standard InChI is InChI=1S/C16H25NOS/c1-14-5-4-6-15(13-14)18-11-2-3-12-19-16-7-9-17-10-8-16/h4-6,13,16-17H,2-3,7-12H2,1H3. The van der Waals surface area contributed by atoms with Crippen LogP contribution in [0.25, 0.3) is 0 Å². The van der Waals surface area contributed by atoms with Crippen LogP contribution in [0.2, 0.25) is 0 Å². The Kier molecular flexibility index (Phi) is 6.58. The van der Waals surface area contributed by atoms with Crippen molar-refractivity contribution >= 4 is 11.8 Å². The molecule has 1 aliphatic heterocycles. The fourth-order valence-corrected chi connectivity index (χ4v) is 3.58. The third-order valence-electron chi connectivity index (χ3n) is 3.44. The molecule has 1 fully saturated rings. The number of hydrogen-bond donors (Lipinski definition) is 1. The topological polar surface area (TPSA) is 21.3 Å². The van der Waals surface area contributed by atoms with Crippen molar-refractivity contribution in [2.75, 3.05) is 25.4 Å². The maximum absolute atomic E-state index is 5.76. The van der Waals surface area contributed by atoms with Crippen molar-refractivity contribution in [1.29, 1.82) is 0 Å². The molecule has 1 heterocycles. The molecule has 1 aromatic carbocycles. The highest BCUT2D eigenvalue weighted by Crippen LogP contribution is 2.21. The molecule has 3 heteroatoms. The first-order valence-electron chi connectivity index (χ1n) is 7.36. The van der Waals surface area contributed by atoms with Gasteiger partial charge in [0.05, 0.1) is 6.61 Å². The third-order valence-corrected chi connectivity index (χ3v) is 4.90. The number of rotatable bonds is 7. The summed E-state index contributed by atoms with van der Waals surface area (Å²) in [5.74, 6) is 2.29. The van der Waals surface area contributed by atoms with Gasteiger partial charge in [-0.3, -0.25) is 0 Å². The average Bonchev–Trinajstić information content (AvgIpc) is 2.44. The number of aryl methyl sites for hydroxylation is 1. The van der Waals surface area contributed by atoms with Crippen molar-refractivity contribution in [3.05, 3.63) is 29.8 Å². The Balaban J connectivity index is 1.50. The molecule has 0 aromatic heterocycles. The highest BCUT2D eigenvalue weighted by molar-refractivity contribution is 7.99. The second-order valence-electron chi connectivity index (χ2n) is 5.19. The summed E-state index contributed by atoms with van der Waals surface area (Å²) in [6.07, 6.45) is 5.10. The number of unbranched alkanes of at least 4 members (excludes halogenated alkanes) is 1. The Labute approximate surface area is 121 Å². The number of ether oxygens (including phenoxy) is 1. The van der Waals surface area contributed by atoms with Gasteiger partial charge in [-0.2, -0.15) is 11.8 Å².